The Bertz CT molecular complexity index is 612. The quantitative estimate of drug-likeness (QED) is 0.404. The number of esters is 1. The fraction of sp³-hybridized carbons (Fsp3) is 0.526. The number of ether oxygens (including phenoxy) is 3. The summed E-state index contributed by atoms with van der Waals surface area (Å²) in [6.07, 6.45) is -0.0713. The van der Waals surface area contributed by atoms with E-state index < -0.39 is 29.9 Å². The molecule has 0 radical (unpaired) electrons. The van der Waals surface area contributed by atoms with Crippen LogP contribution in [0.4, 0.5) is 9.59 Å². The van der Waals surface area contributed by atoms with Crippen LogP contribution in [-0.4, -0.2) is 36.4 Å². The molecule has 0 aliphatic carbocycles. The number of alkyl carbamates (subject to hydrolysis) is 1. The summed E-state index contributed by atoms with van der Waals surface area (Å²) in [5.74, 6) is -0.834. The largest absolute Gasteiger partial charge is 0.516 e. The Balaban J connectivity index is 2.11. The Kier molecular flexibility index (Phi) is 9.29. The van der Waals surface area contributed by atoms with Crippen LogP contribution in [0.15, 0.2) is 30.3 Å². The topological polar surface area (TPSA) is 117 Å². The zero-order valence-corrected chi connectivity index (χ0v) is 16.0. The van der Waals surface area contributed by atoms with Crippen LogP contribution in [0.1, 0.15) is 45.6 Å². The number of nitrogens with two attached hydrogens (primary N) is 1. The molecule has 0 heterocycles. The van der Waals surface area contributed by atoms with E-state index in [0.29, 0.717) is 25.8 Å². The van der Waals surface area contributed by atoms with Gasteiger partial charge < -0.3 is 25.3 Å². The van der Waals surface area contributed by atoms with Gasteiger partial charge in [-0.3, -0.25) is 0 Å². The van der Waals surface area contributed by atoms with Gasteiger partial charge in [-0.1, -0.05) is 30.3 Å². The van der Waals surface area contributed by atoms with Gasteiger partial charge in [0.2, 0.25) is 0 Å². The number of carbonyl (C=O) groups is 3. The molecular weight excluding hydrogens is 352 g/mol. The van der Waals surface area contributed by atoms with Gasteiger partial charge in [0, 0.05) is 6.54 Å². The molecule has 27 heavy (non-hydrogen) atoms. The summed E-state index contributed by atoms with van der Waals surface area (Å²) < 4.78 is 14.5. The molecule has 8 heteroatoms. The van der Waals surface area contributed by atoms with Crippen molar-refractivity contribution in [1.29, 1.82) is 0 Å². The number of hydrogen-bond donors (Lipinski definition) is 2. The van der Waals surface area contributed by atoms with E-state index in [2.05, 4.69) is 10.1 Å². The second-order valence-corrected chi connectivity index (χ2v) is 6.98. The molecule has 0 fully saturated rings. The predicted molar refractivity (Wildman–Crippen MR) is 98.8 cm³/mol. The summed E-state index contributed by atoms with van der Waals surface area (Å²) in [6.45, 7) is 5.58. The normalized spacial score (nSPS) is 12.0. The van der Waals surface area contributed by atoms with Crippen molar-refractivity contribution < 1.29 is 28.6 Å². The minimum Gasteiger partial charge on any atom is -0.445 e. The van der Waals surface area contributed by atoms with Gasteiger partial charge in [-0.2, -0.15) is 0 Å². The monoisotopic (exact) mass is 380 g/mol. The molecule has 0 saturated carbocycles. The van der Waals surface area contributed by atoms with E-state index >= 15 is 0 Å². The van der Waals surface area contributed by atoms with Crippen LogP contribution in [-0.2, 0) is 25.6 Å². The van der Waals surface area contributed by atoms with Crippen LogP contribution in [0.3, 0.4) is 0 Å². The van der Waals surface area contributed by atoms with Crippen molar-refractivity contribution in [3.8, 4) is 0 Å². The maximum Gasteiger partial charge on any atom is 0.516 e. The molecule has 0 aliphatic heterocycles. The van der Waals surface area contributed by atoms with Gasteiger partial charge in [-0.25, -0.2) is 14.4 Å². The minimum absolute atomic E-state index is 0.202. The standard InChI is InChI=1S/C19H28N2O6/c1-19(2,3)27-18(24)26-16(22)15(20)11-7-8-12-21-17(23)25-13-14-9-5-4-6-10-14/h4-6,9-10,15H,7-8,11-13,20H2,1-3H3,(H,21,23)/t15-/m0/s1. The van der Waals surface area contributed by atoms with Gasteiger partial charge in [-0.15, -0.1) is 0 Å². The lowest BCUT2D eigenvalue weighted by molar-refractivity contribution is -0.143. The summed E-state index contributed by atoms with van der Waals surface area (Å²) >= 11 is 0. The fourth-order valence-electron chi connectivity index (χ4n) is 2.00. The number of carbonyl (C=O) groups excluding carboxylic acids is 3. The number of rotatable bonds is 8. The molecule has 0 saturated heterocycles. The maximum absolute atomic E-state index is 11.7. The van der Waals surface area contributed by atoms with Crippen LogP contribution in [0.25, 0.3) is 0 Å². The Hall–Kier alpha value is -2.61. The molecule has 1 rings (SSSR count). The van der Waals surface area contributed by atoms with Gasteiger partial charge in [-0.05, 0) is 45.6 Å². The summed E-state index contributed by atoms with van der Waals surface area (Å²) in [6, 6.07) is 8.43. The number of unbranched alkanes of at least 4 members (excludes halogenated alkanes) is 1. The summed E-state index contributed by atoms with van der Waals surface area (Å²) in [5, 5.41) is 2.62. The summed E-state index contributed by atoms with van der Waals surface area (Å²) in [5.41, 5.74) is 5.85. The smallest absolute Gasteiger partial charge is 0.445 e. The number of hydrogen-bond acceptors (Lipinski definition) is 7. The van der Waals surface area contributed by atoms with E-state index in [1.54, 1.807) is 20.8 Å². The fourth-order valence-corrected chi connectivity index (χ4v) is 2.00. The van der Waals surface area contributed by atoms with Crippen LogP contribution in [0.2, 0.25) is 0 Å². The molecule has 0 unspecified atom stereocenters. The molecule has 0 aromatic heterocycles. The molecule has 1 aromatic rings. The maximum atomic E-state index is 11.7. The Labute approximate surface area is 159 Å². The summed E-state index contributed by atoms with van der Waals surface area (Å²) in [4.78, 5) is 34.7. The number of nitrogens with one attached hydrogen (secondary N) is 1. The molecule has 1 aromatic carbocycles. The molecule has 150 valence electrons. The third kappa shape index (κ3) is 10.9. The van der Waals surface area contributed by atoms with E-state index in [4.69, 9.17) is 15.2 Å². The van der Waals surface area contributed by atoms with Gasteiger partial charge in [0.25, 0.3) is 0 Å². The molecule has 1 amide bonds. The first kappa shape index (κ1) is 22.4. The van der Waals surface area contributed by atoms with Crippen molar-refractivity contribution in [2.24, 2.45) is 5.73 Å². The van der Waals surface area contributed by atoms with Gasteiger partial charge in [0.1, 0.15) is 18.2 Å². The van der Waals surface area contributed by atoms with Crippen LogP contribution in [0, 0.1) is 0 Å². The van der Waals surface area contributed by atoms with Gasteiger partial charge in [0.05, 0.1) is 0 Å². The molecular formula is C19H28N2O6. The molecule has 8 nitrogen and oxygen atoms in total. The number of benzene rings is 1. The van der Waals surface area contributed by atoms with Crippen molar-refractivity contribution in [3.63, 3.8) is 0 Å². The van der Waals surface area contributed by atoms with E-state index in [1.165, 1.54) is 0 Å². The van der Waals surface area contributed by atoms with Crippen molar-refractivity contribution in [3.05, 3.63) is 35.9 Å². The van der Waals surface area contributed by atoms with Gasteiger partial charge in [0.15, 0.2) is 0 Å². The van der Waals surface area contributed by atoms with E-state index in [1.807, 2.05) is 30.3 Å². The van der Waals surface area contributed by atoms with E-state index in [0.717, 1.165) is 5.56 Å². The highest BCUT2D eigenvalue weighted by molar-refractivity contribution is 5.85. The molecule has 0 spiro atoms. The van der Waals surface area contributed by atoms with E-state index in [9.17, 15) is 14.4 Å². The zero-order chi connectivity index (χ0) is 20.3. The van der Waals surface area contributed by atoms with Crippen LogP contribution >= 0.6 is 0 Å². The van der Waals surface area contributed by atoms with E-state index in [-0.39, 0.29) is 6.61 Å². The van der Waals surface area contributed by atoms with Crippen molar-refractivity contribution in [2.45, 2.75) is 58.3 Å². The minimum atomic E-state index is -1.06. The average Bonchev–Trinajstić information content (AvgIpc) is 2.58. The lowest BCUT2D eigenvalue weighted by Gasteiger charge is -2.19. The number of amides is 1. The first-order valence-electron chi connectivity index (χ1n) is 8.82. The van der Waals surface area contributed by atoms with Crippen LogP contribution < -0.4 is 11.1 Å². The highest BCUT2D eigenvalue weighted by atomic mass is 16.7. The van der Waals surface area contributed by atoms with Crippen molar-refractivity contribution >= 4 is 18.2 Å². The van der Waals surface area contributed by atoms with Crippen LogP contribution in [0.5, 0.6) is 0 Å². The Morgan fingerprint density at radius 2 is 1.78 bits per heavy atom. The molecule has 0 bridgehead atoms. The van der Waals surface area contributed by atoms with Gasteiger partial charge >= 0.3 is 18.2 Å². The average molecular weight is 380 g/mol. The molecule has 3 N–H and O–H groups in total. The highest BCUT2D eigenvalue weighted by Crippen LogP contribution is 2.09. The molecule has 0 aliphatic rings. The SMILES string of the molecule is CC(C)(C)OC(=O)OC(=O)[C@@H](N)CCCCNC(=O)OCc1ccccc1. The predicted octanol–water partition coefficient (Wildman–Crippen LogP) is 2.89. The second-order valence-electron chi connectivity index (χ2n) is 6.98. The first-order chi connectivity index (χ1) is 12.7. The highest BCUT2D eigenvalue weighted by Gasteiger charge is 2.23. The summed E-state index contributed by atoms with van der Waals surface area (Å²) in [7, 11) is 0. The Morgan fingerprint density at radius 3 is 2.41 bits per heavy atom. The lowest BCUT2D eigenvalue weighted by atomic mass is 10.1. The third-order valence-corrected chi connectivity index (χ3v) is 3.30. The zero-order valence-electron chi connectivity index (χ0n) is 16.0. The Morgan fingerprint density at radius 1 is 1.11 bits per heavy atom. The van der Waals surface area contributed by atoms with Crippen molar-refractivity contribution in [1.82, 2.24) is 5.32 Å². The molecule has 1 atom stereocenters. The third-order valence-electron chi connectivity index (χ3n) is 3.30. The lowest BCUT2D eigenvalue weighted by Crippen LogP contribution is -2.35. The second kappa shape index (κ2) is 11.2. The van der Waals surface area contributed by atoms with Crippen molar-refractivity contribution in [2.75, 3.05) is 6.54 Å². The first-order valence-corrected chi connectivity index (χ1v) is 8.82.